The van der Waals surface area contributed by atoms with Gasteiger partial charge in [0.2, 0.25) is 5.91 Å². The number of hydrogen-bond donors (Lipinski definition) is 1. The van der Waals surface area contributed by atoms with Gasteiger partial charge in [-0.2, -0.15) is 5.10 Å². The third-order valence-electron chi connectivity index (χ3n) is 4.61. The van der Waals surface area contributed by atoms with Gasteiger partial charge in [-0.1, -0.05) is 12.1 Å². The maximum atomic E-state index is 12.3. The molecule has 1 aromatic heterocycles. The molecule has 0 aliphatic carbocycles. The number of amides is 1. The Morgan fingerprint density at radius 1 is 1.16 bits per heavy atom. The average molecular weight is 341 g/mol. The van der Waals surface area contributed by atoms with Gasteiger partial charge in [0.25, 0.3) is 0 Å². The van der Waals surface area contributed by atoms with Gasteiger partial charge < -0.3 is 10.2 Å². The zero-order valence-corrected chi connectivity index (χ0v) is 15.3. The number of benzene rings is 1. The van der Waals surface area contributed by atoms with Gasteiger partial charge >= 0.3 is 0 Å². The number of anilines is 1. The Balaban J connectivity index is 1.57. The van der Waals surface area contributed by atoms with Gasteiger partial charge in [-0.3, -0.25) is 14.4 Å². The fourth-order valence-electron chi connectivity index (χ4n) is 3.18. The van der Waals surface area contributed by atoms with E-state index in [0.29, 0.717) is 0 Å². The van der Waals surface area contributed by atoms with Crippen molar-refractivity contribution >= 4 is 11.6 Å². The summed E-state index contributed by atoms with van der Waals surface area (Å²) in [6.07, 6.45) is 0. The van der Waals surface area contributed by atoms with Crippen LogP contribution < -0.4 is 5.32 Å². The number of nitrogens with zero attached hydrogens (tertiary/aromatic N) is 4. The van der Waals surface area contributed by atoms with Crippen molar-refractivity contribution in [2.75, 3.05) is 38.5 Å². The van der Waals surface area contributed by atoms with Gasteiger partial charge in [0.05, 0.1) is 5.69 Å². The summed E-state index contributed by atoms with van der Waals surface area (Å²) in [5.74, 6) is -0.0528. The Kier molecular flexibility index (Phi) is 5.50. The molecule has 1 aromatic carbocycles. The summed E-state index contributed by atoms with van der Waals surface area (Å²) in [4.78, 5) is 17.1. The lowest BCUT2D eigenvalue weighted by atomic mass is 10.1. The van der Waals surface area contributed by atoms with E-state index in [1.54, 1.807) is 4.68 Å². The van der Waals surface area contributed by atoms with Gasteiger partial charge in [0.15, 0.2) is 0 Å². The fourth-order valence-corrected chi connectivity index (χ4v) is 3.18. The van der Waals surface area contributed by atoms with E-state index in [2.05, 4.69) is 39.4 Å². The van der Waals surface area contributed by atoms with Crippen LogP contribution in [0.1, 0.15) is 17.0 Å². The Hall–Kier alpha value is -2.18. The van der Waals surface area contributed by atoms with Crippen molar-refractivity contribution < 1.29 is 4.79 Å². The maximum Gasteiger partial charge on any atom is 0.246 e. The highest BCUT2D eigenvalue weighted by Gasteiger charge is 2.14. The molecule has 2 aromatic rings. The highest BCUT2D eigenvalue weighted by Crippen LogP contribution is 2.14. The Bertz CT molecular complexity index is 731. The molecule has 0 spiro atoms. The molecule has 0 unspecified atom stereocenters. The molecule has 1 aliphatic heterocycles. The van der Waals surface area contributed by atoms with Crippen molar-refractivity contribution in [1.29, 1.82) is 0 Å². The quantitative estimate of drug-likeness (QED) is 0.902. The number of aromatic nitrogens is 2. The average Bonchev–Trinajstić information content (AvgIpc) is 2.87. The van der Waals surface area contributed by atoms with Crippen LogP contribution in [0.3, 0.4) is 0 Å². The van der Waals surface area contributed by atoms with Crippen molar-refractivity contribution in [2.45, 2.75) is 26.9 Å². The van der Waals surface area contributed by atoms with E-state index >= 15 is 0 Å². The Morgan fingerprint density at radius 3 is 2.60 bits per heavy atom. The van der Waals surface area contributed by atoms with Crippen molar-refractivity contribution in [1.82, 2.24) is 19.6 Å². The molecule has 1 saturated heterocycles. The maximum absolute atomic E-state index is 12.3. The molecule has 0 bridgehead atoms. The zero-order chi connectivity index (χ0) is 17.8. The summed E-state index contributed by atoms with van der Waals surface area (Å²) >= 11 is 0. The van der Waals surface area contributed by atoms with Crippen LogP contribution in [0.15, 0.2) is 30.3 Å². The molecule has 134 valence electrons. The second-order valence-corrected chi connectivity index (χ2v) is 6.91. The van der Waals surface area contributed by atoms with E-state index in [1.807, 2.05) is 32.0 Å². The van der Waals surface area contributed by atoms with E-state index < -0.39 is 0 Å². The normalized spacial score (nSPS) is 16.1. The molecule has 6 heteroatoms. The molecule has 3 rings (SSSR count). The van der Waals surface area contributed by atoms with Crippen molar-refractivity contribution in [2.24, 2.45) is 0 Å². The number of aryl methyl sites for hydroxylation is 2. The first-order valence-corrected chi connectivity index (χ1v) is 8.80. The lowest BCUT2D eigenvalue weighted by Gasteiger charge is -2.32. The second-order valence-electron chi connectivity index (χ2n) is 6.91. The molecule has 1 N–H and O–H groups in total. The van der Waals surface area contributed by atoms with Crippen LogP contribution >= 0.6 is 0 Å². The number of carbonyl (C=O) groups is 1. The van der Waals surface area contributed by atoms with E-state index in [9.17, 15) is 4.79 Å². The van der Waals surface area contributed by atoms with Crippen LogP contribution in [0.2, 0.25) is 0 Å². The highest BCUT2D eigenvalue weighted by atomic mass is 16.2. The van der Waals surface area contributed by atoms with Crippen molar-refractivity contribution in [3.8, 4) is 0 Å². The molecule has 0 atom stereocenters. The van der Waals surface area contributed by atoms with Crippen molar-refractivity contribution in [3.63, 3.8) is 0 Å². The van der Waals surface area contributed by atoms with Gasteiger partial charge in [-0.05, 0) is 44.7 Å². The first-order chi connectivity index (χ1) is 12.0. The van der Waals surface area contributed by atoms with Crippen LogP contribution in [0.5, 0.6) is 0 Å². The SMILES string of the molecule is Cc1cc(C)n(CC(=O)Nc2cccc(CN3CCN(C)CC3)c2)n1. The van der Waals surface area contributed by atoms with Gasteiger partial charge in [-0.15, -0.1) is 0 Å². The van der Waals surface area contributed by atoms with Gasteiger partial charge in [0.1, 0.15) is 6.54 Å². The molecular weight excluding hydrogens is 314 g/mol. The third-order valence-corrected chi connectivity index (χ3v) is 4.61. The summed E-state index contributed by atoms with van der Waals surface area (Å²) in [6, 6.07) is 10.1. The Morgan fingerprint density at radius 2 is 1.92 bits per heavy atom. The van der Waals surface area contributed by atoms with E-state index in [0.717, 1.165) is 49.8 Å². The van der Waals surface area contributed by atoms with E-state index in [4.69, 9.17) is 0 Å². The molecule has 6 nitrogen and oxygen atoms in total. The standard InChI is InChI=1S/C19H27N5O/c1-15-11-16(2)24(21-15)14-19(25)20-18-6-4-5-17(12-18)13-23-9-7-22(3)8-10-23/h4-6,11-12H,7-10,13-14H2,1-3H3,(H,20,25). The summed E-state index contributed by atoms with van der Waals surface area (Å²) in [5.41, 5.74) is 4.00. The lowest BCUT2D eigenvalue weighted by Crippen LogP contribution is -2.43. The topological polar surface area (TPSA) is 53.4 Å². The minimum absolute atomic E-state index is 0.0528. The van der Waals surface area contributed by atoms with Gasteiger partial charge in [-0.25, -0.2) is 0 Å². The molecule has 0 radical (unpaired) electrons. The van der Waals surface area contributed by atoms with Crippen LogP contribution in [0.4, 0.5) is 5.69 Å². The van der Waals surface area contributed by atoms with E-state index in [1.165, 1.54) is 5.56 Å². The van der Waals surface area contributed by atoms with Crippen LogP contribution in [0.25, 0.3) is 0 Å². The number of carbonyl (C=O) groups excluding carboxylic acids is 1. The number of likely N-dealkylation sites (N-methyl/N-ethyl adjacent to an activating group) is 1. The molecule has 1 fully saturated rings. The number of piperazine rings is 1. The third kappa shape index (κ3) is 4.90. The number of hydrogen-bond acceptors (Lipinski definition) is 4. The molecule has 2 heterocycles. The molecule has 1 aliphatic rings. The molecular formula is C19H27N5O. The zero-order valence-electron chi connectivity index (χ0n) is 15.3. The van der Waals surface area contributed by atoms with Crippen molar-refractivity contribution in [3.05, 3.63) is 47.3 Å². The Labute approximate surface area is 149 Å². The number of nitrogens with one attached hydrogen (secondary N) is 1. The molecule has 1 amide bonds. The van der Waals surface area contributed by atoms with Crippen LogP contribution in [-0.4, -0.2) is 58.7 Å². The predicted octanol–water partition coefficient (Wildman–Crippen LogP) is 1.89. The lowest BCUT2D eigenvalue weighted by molar-refractivity contribution is -0.116. The molecule has 0 saturated carbocycles. The number of rotatable bonds is 5. The highest BCUT2D eigenvalue weighted by molar-refractivity contribution is 5.90. The summed E-state index contributed by atoms with van der Waals surface area (Å²) in [6.45, 7) is 9.46. The summed E-state index contributed by atoms with van der Waals surface area (Å²) in [5, 5.41) is 7.32. The minimum atomic E-state index is -0.0528. The minimum Gasteiger partial charge on any atom is -0.324 e. The second kappa shape index (κ2) is 7.80. The van der Waals surface area contributed by atoms with Gasteiger partial charge in [0, 0.05) is 44.1 Å². The summed E-state index contributed by atoms with van der Waals surface area (Å²) < 4.78 is 1.73. The smallest absolute Gasteiger partial charge is 0.246 e. The first kappa shape index (κ1) is 17.6. The summed E-state index contributed by atoms with van der Waals surface area (Å²) in [7, 11) is 2.16. The monoisotopic (exact) mass is 341 g/mol. The molecule has 25 heavy (non-hydrogen) atoms. The first-order valence-electron chi connectivity index (χ1n) is 8.80. The fraction of sp³-hybridized carbons (Fsp3) is 0.474. The van der Waals surface area contributed by atoms with Crippen LogP contribution in [0, 0.1) is 13.8 Å². The largest absolute Gasteiger partial charge is 0.324 e. The predicted molar refractivity (Wildman–Crippen MR) is 99.5 cm³/mol. The van der Waals surface area contributed by atoms with E-state index in [-0.39, 0.29) is 12.5 Å². The van der Waals surface area contributed by atoms with Crippen LogP contribution in [-0.2, 0) is 17.9 Å².